The molecular weight excluding hydrogens is 390 g/mol. The average molecular weight is 404 g/mol. The van der Waals surface area contributed by atoms with E-state index >= 15 is 0 Å². The number of anilines is 1. The summed E-state index contributed by atoms with van der Waals surface area (Å²) >= 11 is 3.39. The van der Waals surface area contributed by atoms with Crippen molar-refractivity contribution < 1.29 is 14.7 Å². The minimum atomic E-state index is -1.03. The van der Waals surface area contributed by atoms with Gasteiger partial charge in [-0.25, -0.2) is 0 Å². The molecule has 8 nitrogen and oxygen atoms in total. The van der Waals surface area contributed by atoms with Crippen LogP contribution in [0.3, 0.4) is 0 Å². The topological polar surface area (TPSA) is 102 Å². The highest BCUT2D eigenvalue weighted by molar-refractivity contribution is 9.10. The van der Waals surface area contributed by atoms with Gasteiger partial charge in [0.25, 0.3) is 5.91 Å². The van der Waals surface area contributed by atoms with Crippen LogP contribution < -0.4 is 5.32 Å². The molecule has 2 heterocycles. The smallest absolute Gasteiger partial charge is 0.325 e. The maximum atomic E-state index is 12.2. The predicted molar refractivity (Wildman–Crippen MR) is 93.3 cm³/mol. The van der Waals surface area contributed by atoms with E-state index in [0.717, 1.165) is 10.0 Å². The lowest BCUT2D eigenvalue weighted by Gasteiger charge is -2.02. The zero-order valence-electron chi connectivity index (χ0n) is 13.0. The summed E-state index contributed by atoms with van der Waals surface area (Å²) in [5, 5.41) is 19.5. The zero-order valence-corrected chi connectivity index (χ0v) is 14.5. The number of carbonyl (C=O) groups excluding carboxylic acids is 1. The molecule has 0 saturated heterocycles. The van der Waals surface area contributed by atoms with Crippen molar-refractivity contribution in [3.05, 3.63) is 64.5 Å². The van der Waals surface area contributed by atoms with Gasteiger partial charge in [-0.05, 0) is 17.7 Å². The van der Waals surface area contributed by atoms with Crippen molar-refractivity contribution >= 4 is 33.6 Å². The molecule has 9 heteroatoms. The van der Waals surface area contributed by atoms with E-state index < -0.39 is 11.9 Å². The van der Waals surface area contributed by atoms with Gasteiger partial charge in [0.2, 0.25) is 0 Å². The Morgan fingerprint density at radius 2 is 1.92 bits per heavy atom. The molecule has 0 saturated carbocycles. The molecule has 2 N–H and O–H groups in total. The highest BCUT2D eigenvalue weighted by atomic mass is 79.9. The van der Waals surface area contributed by atoms with E-state index in [-0.39, 0.29) is 12.1 Å². The summed E-state index contributed by atoms with van der Waals surface area (Å²) in [6.45, 7) is 0.286. The maximum Gasteiger partial charge on any atom is 0.325 e. The number of aromatic nitrogens is 4. The first kappa shape index (κ1) is 16.9. The van der Waals surface area contributed by atoms with Gasteiger partial charge in [0, 0.05) is 22.9 Å². The Labute approximate surface area is 151 Å². The molecule has 0 radical (unpaired) electrons. The van der Waals surface area contributed by atoms with Crippen molar-refractivity contribution in [3.63, 3.8) is 0 Å². The average Bonchev–Trinajstić information content (AvgIpc) is 3.19. The third-order valence-electron chi connectivity index (χ3n) is 3.33. The highest BCUT2D eigenvalue weighted by Crippen LogP contribution is 2.12. The molecule has 0 unspecified atom stereocenters. The lowest BCUT2D eigenvalue weighted by molar-refractivity contribution is -0.137. The molecule has 2 aromatic heterocycles. The number of carboxylic acids is 1. The number of halogens is 1. The zero-order chi connectivity index (χ0) is 17.8. The number of hydrogen-bond donors (Lipinski definition) is 2. The standard InChI is InChI=1S/C16H14BrN5O3/c17-13-3-1-11(2-4-13)8-21-6-5-14(20-21)19-16(25)12-7-18-22(9-12)10-15(23)24/h1-7,9H,8,10H2,(H,23,24)(H,19,20,25). The lowest BCUT2D eigenvalue weighted by Crippen LogP contribution is -2.13. The van der Waals surface area contributed by atoms with Crippen LogP contribution in [-0.4, -0.2) is 36.5 Å². The van der Waals surface area contributed by atoms with Gasteiger partial charge >= 0.3 is 5.97 Å². The van der Waals surface area contributed by atoms with Crippen molar-refractivity contribution in [2.45, 2.75) is 13.1 Å². The number of aliphatic carboxylic acids is 1. The normalized spacial score (nSPS) is 10.6. The number of benzene rings is 1. The van der Waals surface area contributed by atoms with Crippen molar-refractivity contribution in [2.24, 2.45) is 0 Å². The van der Waals surface area contributed by atoms with Crippen LogP contribution in [0.2, 0.25) is 0 Å². The van der Waals surface area contributed by atoms with Crippen LogP contribution in [0.25, 0.3) is 0 Å². The fourth-order valence-electron chi connectivity index (χ4n) is 2.19. The molecule has 0 bridgehead atoms. The molecule has 0 spiro atoms. The van der Waals surface area contributed by atoms with Crippen LogP contribution in [0, 0.1) is 0 Å². The van der Waals surface area contributed by atoms with Crippen molar-refractivity contribution in [1.82, 2.24) is 19.6 Å². The van der Waals surface area contributed by atoms with Gasteiger partial charge in [-0.2, -0.15) is 10.2 Å². The minimum absolute atomic E-state index is 0.267. The van der Waals surface area contributed by atoms with E-state index in [9.17, 15) is 9.59 Å². The Morgan fingerprint density at radius 1 is 1.16 bits per heavy atom. The molecule has 0 aliphatic rings. The Hall–Kier alpha value is -2.94. The van der Waals surface area contributed by atoms with E-state index in [4.69, 9.17) is 5.11 Å². The molecule has 0 aliphatic carbocycles. The Kier molecular flexibility index (Phi) is 4.94. The largest absolute Gasteiger partial charge is 0.480 e. The summed E-state index contributed by atoms with van der Waals surface area (Å²) in [6.07, 6.45) is 4.46. The van der Waals surface area contributed by atoms with Gasteiger partial charge in [0.15, 0.2) is 5.82 Å². The van der Waals surface area contributed by atoms with Crippen molar-refractivity contribution in [3.8, 4) is 0 Å². The molecule has 3 rings (SSSR count). The number of nitrogens with one attached hydrogen (secondary N) is 1. The molecule has 3 aromatic rings. The lowest BCUT2D eigenvalue weighted by atomic mass is 10.2. The van der Waals surface area contributed by atoms with Crippen molar-refractivity contribution in [1.29, 1.82) is 0 Å². The third-order valence-corrected chi connectivity index (χ3v) is 3.86. The molecule has 25 heavy (non-hydrogen) atoms. The second-order valence-corrected chi connectivity index (χ2v) is 6.22. The van der Waals surface area contributed by atoms with Crippen LogP contribution >= 0.6 is 15.9 Å². The number of nitrogens with zero attached hydrogens (tertiary/aromatic N) is 4. The number of hydrogen-bond acceptors (Lipinski definition) is 4. The van der Waals surface area contributed by atoms with Crippen LogP contribution in [-0.2, 0) is 17.9 Å². The van der Waals surface area contributed by atoms with Gasteiger partial charge in [0.1, 0.15) is 6.54 Å². The quantitative estimate of drug-likeness (QED) is 0.656. The number of rotatable bonds is 6. The highest BCUT2D eigenvalue weighted by Gasteiger charge is 2.11. The summed E-state index contributed by atoms with van der Waals surface area (Å²) < 4.78 is 3.91. The van der Waals surface area contributed by atoms with E-state index in [2.05, 4.69) is 31.4 Å². The van der Waals surface area contributed by atoms with Crippen LogP contribution in [0.5, 0.6) is 0 Å². The van der Waals surface area contributed by atoms with E-state index in [1.165, 1.54) is 17.1 Å². The predicted octanol–water partition coefficient (Wildman–Crippen LogP) is 2.23. The summed E-state index contributed by atoms with van der Waals surface area (Å²) in [6, 6.07) is 9.58. The second kappa shape index (κ2) is 7.31. The molecule has 0 aliphatic heterocycles. The number of amides is 1. The molecule has 1 aromatic carbocycles. The summed E-state index contributed by atoms with van der Waals surface area (Å²) in [7, 11) is 0. The molecule has 128 valence electrons. The first-order valence-electron chi connectivity index (χ1n) is 7.33. The van der Waals surface area contributed by atoms with E-state index in [0.29, 0.717) is 12.4 Å². The van der Waals surface area contributed by atoms with Crippen LogP contribution in [0.1, 0.15) is 15.9 Å². The molecule has 0 fully saturated rings. The molecule has 1 amide bonds. The van der Waals surface area contributed by atoms with Gasteiger partial charge in [-0.1, -0.05) is 28.1 Å². The third kappa shape index (κ3) is 4.54. The minimum Gasteiger partial charge on any atom is -0.480 e. The van der Waals surface area contributed by atoms with Gasteiger partial charge in [-0.15, -0.1) is 0 Å². The van der Waals surface area contributed by atoms with Crippen LogP contribution in [0.4, 0.5) is 5.82 Å². The molecule has 0 atom stereocenters. The first-order valence-corrected chi connectivity index (χ1v) is 8.12. The number of carboxylic acid groups (broad SMARTS) is 1. The second-order valence-electron chi connectivity index (χ2n) is 5.30. The van der Waals surface area contributed by atoms with E-state index in [1.807, 2.05) is 24.3 Å². The van der Waals surface area contributed by atoms with Gasteiger partial charge < -0.3 is 10.4 Å². The number of carbonyl (C=O) groups is 2. The monoisotopic (exact) mass is 403 g/mol. The van der Waals surface area contributed by atoms with Gasteiger partial charge in [0.05, 0.1) is 18.3 Å². The van der Waals surface area contributed by atoms with Crippen molar-refractivity contribution in [2.75, 3.05) is 5.32 Å². The Balaban J connectivity index is 1.62. The fraction of sp³-hybridized carbons (Fsp3) is 0.125. The fourth-order valence-corrected chi connectivity index (χ4v) is 2.45. The van der Waals surface area contributed by atoms with E-state index in [1.54, 1.807) is 16.9 Å². The molecular formula is C16H14BrN5O3. The summed E-state index contributed by atoms with van der Waals surface area (Å²) in [5.41, 5.74) is 1.35. The Bertz CT molecular complexity index is 901. The van der Waals surface area contributed by atoms with Crippen LogP contribution in [0.15, 0.2) is 53.4 Å². The van der Waals surface area contributed by atoms with Gasteiger partial charge in [-0.3, -0.25) is 19.0 Å². The SMILES string of the molecule is O=C(O)Cn1cc(C(=O)Nc2ccn(Cc3ccc(Br)cc3)n2)cn1. The summed E-state index contributed by atoms with van der Waals surface area (Å²) in [4.78, 5) is 22.8. The maximum absolute atomic E-state index is 12.2. The first-order chi connectivity index (χ1) is 12.0. The Morgan fingerprint density at radius 3 is 2.64 bits per heavy atom. The summed E-state index contributed by atoms with van der Waals surface area (Å²) in [5.74, 6) is -1.01.